The van der Waals surface area contributed by atoms with Crippen molar-refractivity contribution in [1.82, 2.24) is 4.57 Å². The quantitative estimate of drug-likeness (QED) is 0.495. The first-order valence-corrected chi connectivity index (χ1v) is 7.18. The second-order valence-electron chi connectivity index (χ2n) is 5.01. The summed E-state index contributed by atoms with van der Waals surface area (Å²) in [5.41, 5.74) is 0.134. The second-order valence-corrected chi connectivity index (χ2v) is 5.01. The molecule has 8 heteroatoms. The van der Waals surface area contributed by atoms with Crippen molar-refractivity contribution in [3.63, 3.8) is 0 Å². The minimum absolute atomic E-state index is 0.141. The largest absolute Gasteiger partial charge is 0.326 e. The van der Waals surface area contributed by atoms with Crippen LogP contribution in [0.2, 0.25) is 0 Å². The maximum absolute atomic E-state index is 12.2. The van der Waals surface area contributed by atoms with Crippen LogP contribution in [0.4, 0.5) is 11.4 Å². The van der Waals surface area contributed by atoms with Crippen LogP contribution in [0.25, 0.3) is 0 Å². The zero-order valence-corrected chi connectivity index (χ0v) is 12.9. The number of aromatic nitrogens is 1. The Morgan fingerprint density at radius 1 is 1.17 bits per heavy atom. The number of pyridine rings is 1. The van der Waals surface area contributed by atoms with Gasteiger partial charge in [-0.25, -0.2) is 0 Å². The number of nitro groups is 1. The van der Waals surface area contributed by atoms with Crippen LogP contribution in [0.1, 0.15) is 23.7 Å². The number of hydrogen-bond donors (Lipinski definition) is 1. The molecule has 0 spiro atoms. The molecule has 0 aliphatic rings. The molecule has 0 aliphatic carbocycles. The summed E-state index contributed by atoms with van der Waals surface area (Å²) in [4.78, 5) is 45.3. The summed E-state index contributed by atoms with van der Waals surface area (Å²) in [6.45, 7) is 1.42. The zero-order valence-electron chi connectivity index (χ0n) is 12.9. The van der Waals surface area contributed by atoms with E-state index in [1.807, 2.05) is 0 Å². The number of anilines is 1. The monoisotopic (exact) mass is 329 g/mol. The summed E-state index contributed by atoms with van der Waals surface area (Å²) >= 11 is 0. The molecule has 0 fully saturated rings. The molecule has 2 aromatic rings. The summed E-state index contributed by atoms with van der Waals surface area (Å²) in [6, 6.07) is 8.35. The van der Waals surface area contributed by atoms with Gasteiger partial charge in [-0.2, -0.15) is 0 Å². The third kappa shape index (κ3) is 4.13. The Morgan fingerprint density at radius 2 is 1.83 bits per heavy atom. The molecule has 0 saturated carbocycles. The molecule has 0 bridgehead atoms. The molecule has 1 N–H and O–H groups in total. The molecule has 1 heterocycles. The van der Waals surface area contributed by atoms with Crippen molar-refractivity contribution in [1.29, 1.82) is 0 Å². The van der Waals surface area contributed by atoms with Crippen LogP contribution in [-0.4, -0.2) is 21.2 Å². The fraction of sp³-hybridized carbons (Fsp3) is 0.188. The Morgan fingerprint density at radius 3 is 2.42 bits per heavy atom. The Balaban J connectivity index is 2.15. The maximum Gasteiger partial charge on any atom is 0.285 e. The number of benzene rings is 1. The molecule has 8 nitrogen and oxygen atoms in total. The number of hydrogen-bond acceptors (Lipinski definition) is 5. The second kappa shape index (κ2) is 7.32. The van der Waals surface area contributed by atoms with Gasteiger partial charge in [-0.15, -0.1) is 0 Å². The van der Waals surface area contributed by atoms with Crippen molar-refractivity contribution in [2.24, 2.45) is 0 Å². The van der Waals surface area contributed by atoms with Crippen molar-refractivity contribution in [2.75, 3.05) is 5.32 Å². The van der Waals surface area contributed by atoms with E-state index >= 15 is 0 Å². The predicted molar refractivity (Wildman–Crippen MR) is 87.0 cm³/mol. The van der Waals surface area contributed by atoms with Crippen LogP contribution >= 0.6 is 0 Å². The van der Waals surface area contributed by atoms with Crippen molar-refractivity contribution in [3.8, 4) is 0 Å². The number of carbonyl (C=O) groups is 2. The third-order valence-corrected chi connectivity index (χ3v) is 3.30. The average molecular weight is 329 g/mol. The van der Waals surface area contributed by atoms with Crippen molar-refractivity contribution < 1.29 is 14.5 Å². The van der Waals surface area contributed by atoms with Gasteiger partial charge in [-0.3, -0.25) is 24.5 Å². The summed E-state index contributed by atoms with van der Waals surface area (Å²) < 4.78 is 0.993. The summed E-state index contributed by atoms with van der Waals surface area (Å²) in [5.74, 6) is -0.511. The smallest absolute Gasteiger partial charge is 0.285 e. The van der Waals surface area contributed by atoms with Crippen LogP contribution in [-0.2, 0) is 11.3 Å². The molecule has 1 aromatic carbocycles. The minimum atomic E-state index is -0.633. The first kappa shape index (κ1) is 17.1. The molecule has 124 valence electrons. The molecular formula is C16H15N3O5. The predicted octanol–water partition coefficient (Wildman–Crippen LogP) is 1.99. The van der Waals surface area contributed by atoms with E-state index in [1.54, 1.807) is 19.1 Å². The molecule has 0 atom stereocenters. The average Bonchev–Trinajstić information content (AvgIpc) is 2.57. The first-order valence-electron chi connectivity index (χ1n) is 7.18. The molecular weight excluding hydrogens is 314 g/mol. The summed E-state index contributed by atoms with van der Waals surface area (Å²) in [7, 11) is 0. The highest BCUT2D eigenvalue weighted by atomic mass is 16.6. The highest BCUT2D eigenvalue weighted by Gasteiger charge is 2.12. The minimum Gasteiger partial charge on any atom is -0.326 e. The standard InChI is InChI=1S/C16H15N3O5/c1-2-15(21)17-12-5-3-11(4-6-12)14(20)10-18-9-13(19(23)24)7-8-16(18)22/h3-9H,2,10H2,1H3,(H,17,21). The summed E-state index contributed by atoms with van der Waals surface area (Å²) in [5, 5.41) is 13.4. The Bertz CT molecular complexity index is 840. The fourth-order valence-corrected chi connectivity index (χ4v) is 1.99. The Hall–Kier alpha value is -3.29. The van der Waals surface area contributed by atoms with Crippen molar-refractivity contribution >= 4 is 23.1 Å². The number of nitrogens with one attached hydrogen (secondary N) is 1. The van der Waals surface area contributed by atoms with E-state index < -0.39 is 10.5 Å². The Labute approximate surface area is 136 Å². The van der Waals surface area contributed by atoms with Gasteiger partial charge in [0.25, 0.3) is 11.2 Å². The van der Waals surface area contributed by atoms with E-state index in [1.165, 1.54) is 12.1 Å². The van der Waals surface area contributed by atoms with Crippen molar-refractivity contribution in [3.05, 3.63) is 68.6 Å². The van der Waals surface area contributed by atoms with Gasteiger partial charge in [0.2, 0.25) is 5.91 Å². The first-order chi connectivity index (χ1) is 11.4. The Kier molecular flexibility index (Phi) is 5.20. The molecule has 0 saturated heterocycles. The molecule has 1 amide bonds. The van der Waals surface area contributed by atoms with Crippen LogP contribution in [0, 0.1) is 10.1 Å². The lowest BCUT2D eigenvalue weighted by Gasteiger charge is -2.07. The van der Waals surface area contributed by atoms with Crippen molar-refractivity contribution in [2.45, 2.75) is 19.9 Å². The van der Waals surface area contributed by atoms with E-state index in [2.05, 4.69) is 5.32 Å². The molecule has 24 heavy (non-hydrogen) atoms. The van der Waals surface area contributed by atoms with Crippen LogP contribution in [0.15, 0.2) is 47.4 Å². The zero-order chi connectivity index (χ0) is 17.7. The highest BCUT2D eigenvalue weighted by Crippen LogP contribution is 2.12. The number of nitrogens with zero attached hydrogens (tertiary/aromatic N) is 2. The number of Topliss-reactive ketones (excluding diaryl/α,β-unsaturated/α-hetero) is 1. The summed E-state index contributed by atoms with van der Waals surface area (Å²) in [6.07, 6.45) is 1.38. The fourth-order valence-electron chi connectivity index (χ4n) is 1.99. The van der Waals surface area contributed by atoms with Crippen LogP contribution in [0.5, 0.6) is 0 Å². The van der Waals surface area contributed by atoms with Gasteiger partial charge >= 0.3 is 0 Å². The topological polar surface area (TPSA) is 111 Å². The lowest BCUT2D eigenvalue weighted by Crippen LogP contribution is -2.23. The van der Waals surface area contributed by atoms with Gasteiger partial charge in [-0.05, 0) is 24.3 Å². The number of rotatable bonds is 6. The van der Waals surface area contributed by atoms with Crippen LogP contribution in [0.3, 0.4) is 0 Å². The van der Waals surface area contributed by atoms with Crippen LogP contribution < -0.4 is 10.9 Å². The van der Waals surface area contributed by atoms with E-state index in [0.717, 1.165) is 22.9 Å². The van der Waals surface area contributed by atoms with E-state index in [-0.39, 0.29) is 23.9 Å². The normalized spacial score (nSPS) is 10.2. The van der Waals surface area contributed by atoms with E-state index in [4.69, 9.17) is 0 Å². The maximum atomic E-state index is 12.2. The van der Waals surface area contributed by atoms with Gasteiger partial charge < -0.3 is 9.88 Å². The van der Waals surface area contributed by atoms with Gasteiger partial charge in [0.1, 0.15) is 0 Å². The molecule has 0 unspecified atom stereocenters. The molecule has 0 radical (unpaired) electrons. The number of ketones is 1. The van der Waals surface area contributed by atoms with Gasteiger partial charge in [-0.1, -0.05) is 6.92 Å². The SMILES string of the molecule is CCC(=O)Nc1ccc(C(=O)Cn2cc([N+](=O)[O-])ccc2=O)cc1. The lowest BCUT2D eigenvalue weighted by molar-refractivity contribution is -0.385. The number of carbonyl (C=O) groups excluding carboxylic acids is 2. The van der Waals surface area contributed by atoms with E-state index in [9.17, 15) is 24.5 Å². The molecule has 1 aromatic heterocycles. The lowest BCUT2D eigenvalue weighted by atomic mass is 10.1. The third-order valence-electron chi connectivity index (χ3n) is 3.30. The van der Waals surface area contributed by atoms with E-state index in [0.29, 0.717) is 17.7 Å². The highest BCUT2D eigenvalue weighted by molar-refractivity contribution is 5.97. The van der Waals surface area contributed by atoms with Gasteiger partial charge in [0.05, 0.1) is 17.7 Å². The molecule has 2 rings (SSSR count). The van der Waals surface area contributed by atoms with Gasteiger partial charge in [0, 0.05) is 29.8 Å². The molecule has 0 aliphatic heterocycles. The number of amides is 1. The van der Waals surface area contributed by atoms with Gasteiger partial charge in [0.15, 0.2) is 5.78 Å².